The van der Waals surface area contributed by atoms with Crippen molar-refractivity contribution in [2.24, 2.45) is 11.7 Å². The molecule has 0 aliphatic carbocycles. The van der Waals surface area contributed by atoms with E-state index in [4.69, 9.17) is 10.8 Å². The van der Waals surface area contributed by atoms with E-state index in [0.29, 0.717) is 19.4 Å². The molecule has 0 saturated carbocycles. The highest BCUT2D eigenvalue weighted by Crippen LogP contribution is 2.13. The maximum Gasteiger partial charge on any atom is 0.306 e. The van der Waals surface area contributed by atoms with Crippen LogP contribution in [-0.4, -0.2) is 22.6 Å². The molecule has 0 aliphatic heterocycles. The van der Waals surface area contributed by atoms with Crippen molar-refractivity contribution in [1.29, 1.82) is 0 Å². The average molecular weight is 273 g/mol. The van der Waals surface area contributed by atoms with Crippen LogP contribution >= 0.6 is 15.9 Å². The first-order valence-corrected chi connectivity index (χ1v) is 5.46. The molecule has 5 heteroatoms. The smallest absolute Gasteiger partial charge is 0.306 e. The van der Waals surface area contributed by atoms with Crippen LogP contribution < -0.4 is 5.73 Å². The number of aliphatic carboxylic acids is 1. The van der Waals surface area contributed by atoms with Gasteiger partial charge in [0.05, 0.1) is 5.92 Å². The van der Waals surface area contributed by atoms with Crippen LogP contribution in [0.2, 0.25) is 0 Å². The number of rotatable bonds is 5. The fraction of sp³-hybridized carbons (Fsp3) is 0.400. The van der Waals surface area contributed by atoms with Crippen LogP contribution in [0.1, 0.15) is 12.1 Å². The fourth-order valence-corrected chi connectivity index (χ4v) is 1.53. The zero-order valence-electron chi connectivity index (χ0n) is 8.19. The summed E-state index contributed by atoms with van der Waals surface area (Å²) in [5.41, 5.74) is 6.13. The van der Waals surface area contributed by atoms with Crippen LogP contribution in [-0.2, 0) is 11.2 Å². The van der Waals surface area contributed by atoms with Gasteiger partial charge in [-0.15, -0.1) is 0 Å². The highest BCUT2D eigenvalue weighted by atomic mass is 79.9. The Kier molecular flexibility index (Phi) is 4.71. The number of carbonyl (C=O) groups is 1. The quantitative estimate of drug-likeness (QED) is 0.851. The van der Waals surface area contributed by atoms with E-state index in [-0.39, 0.29) is 0 Å². The SMILES string of the molecule is NCCC(Cc1ccc(Br)cn1)C(=O)O. The lowest BCUT2D eigenvalue weighted by Gasteiger charge is -2.10. The molecule has 1 aromatic rings. The van der Waals surface area contributed by atoms with Gasteiger partial charge in [0.2, 0.25) is 0 Å². The second kappa shape index (κ2) is 5.82. The van der Waals surface area contributed by atoms with E-state index in [1.54, 1.807) is 6.20 Å². The number of halogens is 1. The molecule has 0 aromatic carbocycles. The Hall–Kier alpha value is -0.940. The molecule has 0 bridgehead atoms. The first-order chi connectivity index (χ1) is 7.13. The van der Waals surface area contributed by atoms with Crippen molar-refractivity contribution < 1.29 is 9.90 Å². The van der Waals surface area contributed by atoms with E-state index >= 15 is 0 Å². The number of aromatic nitrogens is 1. The molecule has 3 N–H and O–H groups in total. The first kappa shape index (κ1) is 12.1. The van der Waals surface area contributed by atoms with Gasteiger partial charge in [0.25, 0.3) is 0 Å². The van der Waals surface area contributed by atoms with Gasteiger partial charge in [-0.1, -0.05) is 0 Å². The summed E-state index contributed by atoms with van der Waals surface area (Å²) in [4.78, 5) is 15.0. The zero-order valence-corrected chi connectivity index (χ0v) is 9.77. The first-order valence-electron chi connectivity index (χ1n) is 4.66. The molecule has 0 aliphatic rings. The summed E-state index contributed by atoms with van der Waals surface area (Å²) in [6.45, 7) is 0.382. The molecule has 15 heavy (non-hydrogen) atoms. The highest BCUT2D eigenvalue weighted by Gasteiger charge is 2.17. The number of carboxylic acids is 1. The third-order valence-electron chi connectivity index (χ3n) is 2.11. The molecule has 0 radical (unpaired) electrons. The van der Waals surface area contributed by atoms with Crippen LogP contribution in [0.15, 0.2) is 22.8 Å². The van der Waals surface area contributed by atoms with Gasteiger partial charge >= 0.3 is 5.97 Å². The summed E-state index contributed by atoms with van der Waals surface area (Å²) < 4.78 is 0.886. The standard InChI is InChI=1S/C10H13BrN2O2/c11-8-1-2-9(13-6-8)5-7(3-4-12)10(14)15/h1-2,6-7H,3-5,12H2,(H,14,15). The van der Waals surface area contributed by atoms with Crippen molar-refractivity contribution in [3.05, 3.63) is 28.5 Å². The third-order valence-corrected chi connectivity index (χ3v) is 2.58. The number of hydrogen-bond donors (Lipinski definition) is 2. The van der Waals surface area contributed by atoms with Crippen LogP contribution in [0.25, 0.3) is 0 Å². The Morgan fingerprint density at radius 1 is 1.60 bits per heavy atom. The van der Waals surface area contributed by atoms with E-state index in [2.05, 4.69) is 20.9 Å². The maximum absolute atomic E-state index is 10.9. The number of nitrogens with zero attached hydrogens (tertiary/aromatic N) is 1. The minimum atomic E-state index is -0.815. The minimum Gasteiger partial charge on any atom is -0.481 e. The molecule has 0 saturated heterocycles. The molecule has 0 spiro atoms. The predicted octanol–water partition coefficient (Wildman–Crippen LogP) is 1.44. The lowest BCUT2D eigenvalue weighted by Crippen LogP contribution is -2.20. The molecule has 1 aromatic heterocycles. The predicted molar refractivity (Wildman–Crippen MR) is 60.4 cm³/mol. The van der Waals surface area contributed by atoms with E-state index in [0.717, 1.165) is 10.2 Å². The van der Waals surface area contributed by atoms with Crippen LogP contribution in [0.3, 0.4) is 0 Å². The zero-order chi connectivity index (χ0) is 11.3. The lowest BCUT2D eigenvalue weighted by molar-refractivity contribution is -0.141. The number of hydrogen-bond acceptors (Lipinski definition) is 3. The molecule has 0 amide bonds. The Morgan fingerprint density at radius 3 is 2.80 bits per heavy atom. The summed E-state index contributed by atoms with van der Waals surface area (Å²) >= 11 is 3.27. The summed E-state index contributed by atoms with van der Waals surface area (Å²) in [5, 5.41) is 8.93. The fourth-order valence-electron chi connectivity index (χ4n) is 1.29. The molecular weight excluding hydrogens is 260 g/mol. The van der Waals surface area contributed by atoms with Crippen molar-refractivity contribution >= 4 is 21.9 Å². The van der Waals surface area contributed by atoms with Gasteiger partial charge in [-0.3, -0.25) is 9.78 Å². The van der Waals surface area contributed by atoms with Crippen molar-refractivity contribution in [2.75, 3.05) is 6.54 Å². The molecule has 4 nitrogen and oxygen atoms in total. The summed E-state index contributed by atoms with van der Waals surface area (Å²) in [6.07, 6.45) is 2.57. The van der Waals surface area contributed by atoms with Crippen LogP contribution in [0.4, 0.5) is 0 Å². The van der Waals surface area contributed by atoms with Crippen molar-refractivity contribution in [3.8, 4) is 0 Å². The summed E-state index contributed by atoms with van der Waals surface area (Å²) in [7, 11) is 0. The van der Waals surface area contributed by atoms with Gasteiger partial charge in [0.15, 0.2) is 0 Å². The normalized spacial score (nSPS) is 12.4. The molecule has 1 unspecified atom stereocenters. The largest absolute Gasteiger partial charge is 0.481 e. The topological polar surface area (TPSA) is 76.2 Å². The van der Waals surface area contributed by atoms with Gasteiger partial charge in [0.1, 0.15) is 0 Å². The molecule has 1 rings (SSSR count). The van der Waals surface area contributed by atoms with Gasteiger partial charge in [-0.2, -0.15) is 0 Å². The molecule has 82 valence electrons. The third kappa shape index (κ3) is 3.97. The minimum absolute atomic E-state index is 0.382. The Morgan fingerprint density at radius 2 is 2.33 bits per heavy atom. The van der Waals surface area contributed by atoms with Crippen LogP contribution in [0, 0.1) is 5.92 Å². The summed E-state index contributed by atoms with van der Waals surface area (Å²) in [6, 6.07) is 3.67. The number of nitrogens with two attached hydrogens (primary N) is 1. The Bertz CT molecular complexity index is 327. The van der Waals surface area contributed by atoms with Crippen molar-refractivity contribution in [3.63, 3.8) is 0 Å². The second-order valence-electron chi connectivity index (χ2n) is 3.28. The molecular formula is C10H13BrN2O2. The van der Waals surface area contributed by atoms with Crippen molar-refractivity contribution in [1.82, 2.24) is 4.98 Å². The molecule has 1 heterocycles. The van der Waals surface area contributed by atoms with Crippen LogP contribution in [0.5, 0.6) is 0 Å². The maximum atomic E-state index is 10.9. The lowest BCUT2D eigenvalue weighted by atomic mass is 9.99. The van der Waals surface area contributed by atoms with Gasteiger partial charge < -0.3 is 10.8 Å². The number of carboxylic acid groups (broad SMARTS) is 1. The molecule has 0 fully saturated rings. The van der Waals surface area contributed by atoms with Gasteiger partial charge in [-0.25, -0.2) is 0 Å². The second-order valence-corrected chi connectivity index (χ2v) is 4.20. The number of pyridine rings is 1. The van der Waals surface area contributed by atoms with Gasteiger partial charge in [-0.05, 0) is 41.0 Å². The highest BCUT2D eigenvalue weighted by molar-refractivity contribution is 9.10. The average Bonchev–Trinajstić information content (AvgIpc) is 2.20. The molecule has 1 atom stereocenters. The Balaban J connectivity index is 2.65. The monoisotopic (exact) mass is 272 g/mol. The van der Waals surface area contributed by atoms with E-state index in [9.17, 15) is 4.79 Å². The van der Waals surface area contributed by atoms with Gasteiger partial charge in [0, 0.05) is 22.8 Å². The Labute approximate surface area is 96.6 Å². The van der Waals surface area contributed by atoms with Crippen molar-refractivity contribution in [2.45, 2.75) is 12.8 Å². The summed E-state index contributed by atoms with van der Waals surface area (Å²) in [5.74, 6) is -1.26. The van der Waals surface area contributed by atoms with E-state index in [1.165, 1.54) is 0 Å². The van der Waals surface area contributed by atoms with E-state index < -0.39 is 11.9 Å². The van der Waals surface area contributed by atoms with E-state index in [1.807, 2.05) is 12.1 Å².